The number of pyridine rings is 1. The molecule has 2 aromatic heterocycles. The lowest BCUT2D eigenvalue weighted by atomic mass is 9.87. The number of piperidine rings is 1. The average molecular weight is 339 g/mol. The van der Waals surface area contributed by atoms with E-state index in [0.717, 1.165) is 25.1 Å². The van der Waals surface area contributed by atoms with Gasteiger partial charge in [-0.15, -0.1) is 0 Å². The highest BCUT2D eigenvalue weighted by Gasteiger charge is 2.43. The summed E-state index contributed by atoms with van der Waals surface area (Å²) in [7, 11) is 0. The maximum Gasteiger partial charge on any atom is 0.272 e. The highest BCUT2D eigenvalue weighted by Crippen LogP contribution is 2.37. The van der Waals surface area contributed by atoms with Crippen LogP contribution in [0.3, 0.4) is 0 Å². The van der Waals surface area contributed by atoms with Gasteiger partial charge >= 0.3 is 0 Å². The lowest BCUT2D eigenvalue weighted by Gasteiger charge is -2.38. The Morgan fingerprint density at radius 1 is 1.20 bits per heavy atom. The highest BCUT2D eigenvalue weighted by molar-refractivity contribution is 5.92. The van der Waals surface area contributed by atoms with Gasteiger partial charge in [-0.1, -0.05) is 6.07 Å². The number of hydrogen-bond acceptors (Lipinski definition) is 6. The molecule has 7 nitrogen and oxygen atoms in total. The first kappa shape index (κ1) is 16.0. The molecule has 0 aliphatic carbocycles. The normalized spacial score (nSPS) is 22.1. The third-order valence-electron chi connectivity index (χ3n) is 4.97. The van der Waals surface area contributed by atoms with Gasteiger partial charge in [0.05, 0.1) is 24.4 Å². The molecule has 2 saturated heterocycles. The van der Waals surface area contributed by atoms with E-state index in [0.29, 0.717) is 25.4 Å². The second kappa shape index (κ2) is 6.76. The van der Waals surface area contributed by atoms with E-state index in [4.69, 9.17) is 4.74 Å². The quantitative estimate of drug-likeness (QED) is 0.918. The largest absolute Gasteiger partial charge is 0.373 e. The van der Waals surface area contributed by atoms with Crippen molar-refractivity contribution in [2.75, 3.05) is 25.0 Å². The molecule has 1 amide bonds. The summed E-state index contributed by atoms with van der Waals surface area (Å²) < 4.78 is 6.14. The van der Waals surface area contributed by atoms with Gasteiger partial charge in [0.25, 0.3) is 5.91 Å². The Balaban J connectivity index is 1.33. The first-order valence-electron chi connectivity index (χ1n) is 8.61. The van der Waals surface area contributed by atoms with Crippen molar-refractivity contribution in [2.45, 2.75) is 30.9 Å². The standard InChI is InChI=1S/C18H21N5O2/c24-17(15-3-1-2-6-20-15)23-9-4-18(5-10-23)11-14(13-25-18)22-16-12-19-7-8-21-16/h1-3,6-8,12,14H,4-5,9-11,13H2,(H,21,22). The van der Waals surface area contributed by atoms with Crippen LogP contribution in [-0.4, -0.2) is 57.1 Å². The number of nitrogens with zero attached hydrogens (tertiary/aromatic N) is 4. The maximum absolute atomic E-state index is 12.5. The molecule has 1 atom stereocenters. The molecule has 2 fully saturated rings. The zero-order chi connectivity index (χ0) is 17.1. The topological polar surface area (TPSA) is 80.2 Å². The summed E-state index contributed by atoms with van der Waals surface area (Å²) in [5, 5.41) is 3.38. The number of carbonyl (C=O) groups excluding carboxylic acids is 1. The molecule has 2 aliphatic rings. The molecule has 2 aliphatic heterocycles. The molecule has 0 aromatic carbocycles. The minimum Gasteiger partial charge on any atom is -0.373 e. The molecule has 1 spiro atoms. The summed E-state index contributed by atoms with van der Waals surface area (Å²) >= 11 is 0. The Morgan fingerprint density at radius 3 is 2.80 bits per heavy atom. The number of nitrogens with one attached hydrogen (secondary N) is 1. The minimum absolute atomic E-state index is 0.00248. The van der Waals surface area contributed by atoms with Gasteiger partial charge in [-0.2, -0.15) is 0 Å². The summed E-state index contributed by atoms with van der Waals surface area (Å²) in [4.78, 5) is 26.9. The summed E-state index contributed by atoms with van der Waals surface area (Å²) in [6.45, 7) is 2.06. The predicted molar refractivity (Wildman–Crippen MR) is 92.1 cm³/mol. The van der Waals surface area contributed by atoms with Crippen LogP contribution in [0.25, 0.3) is 0 Å². The summed E-state index contributed by atoms with van der Waals surface area (Å²) in [5.74, 6) is 0.776. The molecular formula is C18H21N5O2. The van der Waals surface area contributed by atoms with Crippen molar-refractivity contribution in [3.05, 3.63) is 48.7 Å². The molecule has 0 radical (unpaired) electrons. The van der Waals surface area contributed by atoms with E-state index in [9.17, 15) is 4.79 Å². The van der Waals surface area contributed by atoms with E-state index in [1.54, 1.807) is 30.9 Å². The zero-order valence-corrected chi connectivity index (χ0v) is 14.0. The number of aromatic nitrogens is 3. The van der Waals surface area contributed by atoms with Crippen LogP contribution in [0.1, 0.15) is 29.8 Å². The van der Waals surface area contributed by atoms with E-state index in [1.807, 2.05) is 17.0 Å². The Kier molecular flexibility index (Phi) is 4.31. The summed E-state index contributed by atoms with van der Waals surface area (Å²) in [6.07, 6.45) is 9.34. The van der Waals surface area contributed by atoms with Crippen molar-refractivity contribution >= 4 is 11.7 Å². The van der Waals surface area contributed by atoms with Gasteiger partial charge in [-0.3, -0.25) is 14.8 Å². The van der Waals surface area contributed by atoms with Crippen LogP contribution in [0.2, 0.25) is 0 Å². The van der Waals surface area contributed by atoms with Gasteiger partial charge in [0.2, 0.25) is 0 Å². The van der Waals surface area contributed by atoms with E-state index >= 15 is 0 Å². The zero-order valence-electron chi connectivity index (χ0n) is 14.0. The number of hydrogen-bond donors (Lipinski definition) is 1. The van der Waals surface area contributed by atoms with Crippen LogP contribution >= 0.6 is 0 Å². The van der Waals surface area contributed by atoms with E-state index in [1.165, 1.54) is 0 Å². The number of likely N-dealkylation sites (tertiary alicyclic amines) is 1. The van der Waals surface area contributed by atoms with Crippen LogP contribution in [0.5, 0.6) is 0 Å². The van der Waals surface area contributed by atoms with Crippen LogP contribution in [-0.2, 0) is 4.74 Å². The van der Waals surface area contributed by atoms with Crippen molar-refractivity contribution in [3.8, 4) is 0 Å². The number of carbonyl (C=O) groups is 1. The molecule has 0 saturated carbocycles. The van der Waals surface area contributed by atoms with E-state index in [2.05, 4.69) is 20.3 Å². The molecule has 2 aromatic rings. The van der Waals surface area contributed by atoms with E-state index < -0.39 is 0 Å². The van der Waals surface area contributed by atoms with Gasteiger partial charge in [-0.25, -0.2) is 4.98 Å². The van der Waals surface area contributed by atoms with Gasteiger partial charge in [0, 0.05) is 31.7 Å². The fraction of sp³-hybridized carbons (Fsp3) is 0.444. The second-order valence-electron chi connectivity index (χ2n) is 6.64. The Morgan fingerprint density at radius 2 is 2.08 bits per heavy atom. The van der Waals surface area contributed by atoms with Crippen molar-refractivity contribution in [1.82, 2.24) is 19.9 Å². The third kappa shape index (κ3) is 3.46. The third-order valence-corrected chi connectivity index (χ3v) is 4.97. The smallest absolute Gasteiger partial charge is 0.272 e. The van der Waals surface area contributed by atoms with Gasteiger partial charge in [-0.05, 0) is 31.4 Å². The second-order valence-corrected chi connectivity index (χ2v) is 6.64. The Labute approximate surface area is 146 Å². The molecule has 1 N–H and O–H groups in total. The van der Waals surface area contributed by atoms with Gasteiger partial charge in [0.15, 0.2) is 0 Å². The first-order chi connectivity index (χ1) is 12.2. The van der Waals surface area contributed by atoms with Crippen molar-refractivity contribution in [2.24, 2.45) is 0 Å². The number of ether oxygens (including phenoxy) is 1. The van der Waals surface area contributed by atoms with Crippen molar-refractivity contribution < 1.29 is 9.53 Å². The van der Waals surface area contributed by atoms with Crippen molar-refractivity contribution in [3.63, 3.8) is 0 Å². The summed E-state index contributed by atoms with van der Waals surface area (Å²) in [6, 6.07) is 5.65. The molecule has 1 unspecified atom stereocenters. The van der Waals surface area contributed by atoms with Gasteiger partial charge < -0.3 is 15.0 Å². The lowest BCUT2D eigenvalue weighted by Crippen LogP contribution is -2.46. The van der Waals surface area contributed by atoms with Crippen LogP contribution in [0, 0.1) is 0 Å². The molecule has 25 heavy (non-hydrogen) atoms. The number of amides is 1. The minimum atomic E-state index is -0.138. The van der Waals surface area contributed by atoms with Gasteiger partial charge in [0.1, 0.15) is 11.5 Å². The maximum atomic E-state index is 12.5. The summed E-state index contributed by atoms with van der Waals surface area (Å²) in [5.41, 5.74) is 0.369. The number of anilines is 1. The Hall–Kier alpha value is -2.54. The molecule has 4 rings (SSSR count). The SMILES string of the molecule is O=C(c1ccccn1)N1CCC2(CC1)CC(Nc1cnccn1)CO2. The monoisotopic (exact) mass is 339 g/mol. The van der Waals surface area contributed by atoms with Crippen LogP contribution in [0.15, 0.2) is 43.0 Å². The molecule has 4 heterocycles. The first-order valence-corrected chi connectivity index (χ1v) is 8.61. The molecular weight excluding hydrogens is 318 g/mol. The van der Waals surface area contributed by atoms with Crippen molar-refractivity contribution in [1.29, 1.82) is 0 Å². The lowest BCUT2D eigenvalue weighted by molar-refractivity contribution is -0.0389. The molecule has 7 heteroatoms. The predicted octanol–water partition coefficient (Wildman–Crippen LogP) is 1.75. The molecule has 0 bridgehead atoms. The fourth-order valence-corrected chi connectivity index (χ4v) is 3.64. The fourth-order valence-electron chi connectivity index (χ4n) is 3.64. The Bertz CT molecular complexity index is 717. The van der Waals surface area contributed by atoms with Crippen LogP contribution in [0.4, 0.5) is 5.82 Å². The average Bonchev–Trinajstić information content (AvgIpc) is 3.05. The molecule has 130 valence electrons. The van der Waals surface area contributed by atoms with Crippen LogP contribution < -0.4 is 5.32 Å². The van der Waals surface area contributed by atoms with E-state index in [-0.39, 0.29) is 17.6 Å². The number of rotatable bonds is 3. The highest BCUT2D eigenvalue weighted by atomic mass is 16.5.